The lowest BCUT2D eigenvalue weighted by atomic mass is 9.92. The van der Waals surface area contributed by atoms with Crippen LogP contribution in [0.25, 0.3) is 0 Å². The van der Waals surface area contributed by atoms with Gasteiger partial charge in [-0.2, -0.15) is 0 Å². The molecule has 0 radical (unpaired) electrons. The number of hydrogen-bond donors (Lipinski definition) is 1. The number of esters is 1. The average Bonchev–Trinajstić information content (AvgIpc) is 2.74. The summed E-state index contributed by atoms with van der Waals surface area (Å²) >= 11 is 0. The average molecular weight is 383 g/mol. The van der Waals surface area contributed by atoms with Gasteiger partial charge in [-0.15, -0.1) is 0 Å². The van der Waals surface area contributed by atoms with Crippen molar-refractivity contribution in [3.8, 4) is 5.75 Å². The largest absolute Gasteiger partial charge is 0.494 e. The fourth-order valence-electron chi connectivity index (χ4n) is 3.42. The fourth-order valence-corrected chi connectivity index (χ4v) is 3.42. The number of hydrogen-bond acceptors (Lipinski definition) is 5. The van der Waals surface area contributed by atoms with Crippen molar-refractivity contribution < 1.29 is 19.0 Å². The van der Waals surface area contributed by atoms with Crippen molar-refractivity contribution in [1.29, 1.82) is 0 Å². The van der Waals surface area contributed by atoms with Gasteiger partial charge >= 0.3 is 5.97 Å². The highest BCUT2D eigenvalue weighted by Gasteiger charge is 2.25. The normalized spacial score (nSPS) is 19.2. The van der Waals surface area contributed by atoms with E-state index >= 15 is 0 Å². The van der Waals surface area contributed by atoms with Gasteiger partial charge in [0, 0.05) is 6.54 Å². The molecular formula is C23H29NO4. The van der Waals surface area contributed by atoms with Gasteiger partial charge in [-0.1, -0.05) is 30.3 Å². The smallest absolute Gasteiger partial charge is 0.338 e. The summed E-state index contributed by atoms with van der Waals surface area (Å²) in [5.41, 5.74) is 1.74. The topological polar surface area (TPSA) is 56.8 Å². The van der Waals surface area contributed by atoms with E-state index in [0.717, 1.165) is 31.7 Å². The zero-order valence-electron chi connectivity index (χ0n) is 16.4. The Hall–Kier alpha value is -2.37. The second-order valence-corrected chi connectivity index (χ2v) is 6.97. The highest BCUT2D eigenvalue weighted by Crippen LogP contribution is 2.22. The highest BCUT2D eigenvalue weighted by atomic mass is 16.5. The molecule has 2 aromatic rings. The molecule has 28 heavy (non-hydrogen) atoms. The summed E-state index contributed by atoms with van der Waals surface area (Å²) in [7, 11) is 0. The van der Waals surface area contributed by atoms with Crippen molar-refractivity contribution in [2.24, 2.45) is 5.92 Å². The van der Waals surface area contributed by atoms with E-state index in [0.29, 0.717) is 31.3 Å². The number of rotatable bonds is 9. The number of ether oxygens (including phenoxy) is 3. The van der Waals surface area contributed by atoms with Gasteiger partial charge < -0.3 is 19.5 Å². The molecule has 5 nitrogen and oxygen atoms in total. The molecule has 1 aliphatic heterocycles. The van der Waals surface area contributed by atoms with Crippen LogP contribution in [0.15, 0.2) is 54.6 Å². The molecule has 1 aliphatic rings. The minimum absolute atomic E-state index is 0.198. The predicted molar refractivity (Wildman–Crippen MR) is 109 cm³/mol. The summed E-state index contributed by atoms with van der Waals surface area (Å²) in [6.45, 7) is 5.35. The van der Waals surface area contributed by atoms with Crippen molar-refractivity contribution in [2.75, 3.05) is 26.3 Å². The first-order chi connectivity index (χ1) is 13.8. The highest BCUT2D eigenvalue weighted by molar-refractivity contribution is 5.89. The molecular weight excluding hydrogens is 354 g/mol. The van der Waals surface area contributed by atoms with Gasteiger partial charge in [0.1, 0.15) is 5.75 Å². The molecule has 0 spiro atoms. The van der Waals surface area contributed by atoms with E-state index in [-0.39, 0.29) is 12.1 Å². The van der Waals surface area contributed by atoms with Crippen LogP contribution >= 0.6 is 0 Å². The van der Waals surface area contributed by atoms with Crippen LogP contribution in [0.4, 0.5) is 0 Å². The van der Waals surface area contributed by atoms with Gasteiger partial charge in [-0.25, -0.2) is 4.79 Å². The third-order valence-electron chi connectivity index (χ3n) is 4.99. The number of carbonyl (C=O) groups is 1. The molecule has 0 amide bonds. The van der Waals surface area contributed by atoms with Crippen LogP contribution in [0, 0.1) is 5.92 Å². The van der Waals surface area contributed by atoms with E-state index in [4.69, 9.17) is 14.2 Å². The molecule has 1 saturated heterocycles. The van der Waals surface area contributed by atoms with Crippen molar-refractivity contribution in [3.05, 3.63) is 65.7 Å². The summed E-state index contributed by atoms with van der Waals surface area (Å²) < 4.78 is 17.1. The lowest BCUT2D eigenvalue weighted by Gasteiger charge is -2.32. The van der Waals surface area contributed by atoms with Gasteiger partial charge in [0.05, 0.1) is 31.5 Å². The Morgan fingerprint density at radius 3 is 2.64 bits per heavy atom. The van der Waals surface area contributed by atoms with Crippen LogP contribution in [0.2, 0.25) is 0 Å². The summed E-state index contributed by atoms with van der Waals surface area (Å²) in [6, 6.07) is 17.4. The Balaban J connectivity index is 1.45. The van der Waals surface area contributed by atoms with Gasteiger partial charge in [0.25, 0.3) is 0 Å². The third kappa shape index (κ3) is 6.08. The van der Waals surface area contributed by atoms with Crippen molar-refractivity contribution in [3.63, 3.8) is 0 Å². The van der Waals surface area contributed by atoms with Crippen molar-refractivity contribution in [1.82, 2.24) is 5.32 Å². The van der Waals surface area contributed by atoms with Crippen LogP contribution in [-0.4, -0.2) is 38.4 Å². The van der Waals surface area contributed by atoms with Crippen LogP contribution in [0.1, 0.15) is 35.7 Å². The van der Waals surface area contributed by atoms with E-state index < -0.39 is 0 Å². The maximum Gasteiger partial charge on any atom is 0.338 e. The Morgan fingerprint density at radius 2 is 1.89 bits per heavy atom. The number of carbonyl (C=O) groups excluding carboxylic acids is 1. The first-order valence-corrected chi connectivity index (χ1v) is 10.0. The molecule has 1 fully saturated rings. The van der Waals surface area contributed by atoms with Crippen LogP contribution < -0.4 is 10.1 Å². The predicted octanol–water partition coefficient (Wildman–Crippen LogP) is 3.83. The standard InChI is InChI=1S/C23H29NO4/c1-2-26-23(25)20-8-10-21(11-9-20)27-15-13-19-12-14-24-16-22(19)28-17-18-6-4-3-5-7-18/h3-11,19,22,24H,2,12-17H2,1H3. The first kappa shape index (κ1) is 20.4. The molecule has 3 rings (SSSR count). The van der Waals surface area contributed by atoms with Crippen LogP contribution in [0.5, 0.6) is 5.75 Å². The van der Waals surface area contributed by atoms with Crippen LogP contribution in [0.3, 0.4) is 0 Å². The SMILES string of the molecule is CCOC(=O)c1ccc(OCCC2CCNCC2OCc2ccccc2)cc1. The maximum atomic E-state index is 11.7. The summed E-state index contributed by atoms with van der Waals surface area (Å²) in [5, 5.41) is 3.43. The fraction of sp³-hybridized carbons (Fsp3) is 0.435. The summed E-state index contributed by atoms with van der Waals surface area (Å²) in [5.74, 6) is 0.940. The molecule has 0 aromatic heterocycles. The molecule has 1 N–H and O–H groups in total. The zero-order valence-corrected chi connectivity index (χ0v) is 16.4. The minimum Gasteiger partial charge on any atom is -0.494 e. The Morgan fingerprint density at radius 1 is 1.11 bits per heavy atom. The van der Waals surface area contributed by atoms with E-state index in [2.05, 4.69) is 17.4 Å². The van der Waals surface area contributed by atoms with Gasteiger partial charge in [-0.3, -0.25) is 0 Å². The number of benzene rings is 2. The number of nitrogens with one attached hydrogen (secondary N) is 1. The first-order valence-electron chi connectivity index (χ1n) is 10.0. The number of piperidine rings is 1. The second kappa shape index (κ2) is 10.8. The van der Waals surface area contributed by atoms with Crippen molar-refractivity contribution in [2.45, 2.75) is 32.5 Å². The molecule has 1 heterocycles. The van der Waals surface area contributed by atoms with Gasteiger partial charge in [-0.05, 0) is 62.1 Å². The Labute approximate surface area is 167 Å². The van der Waals surface area contributed by atoms with E-state index in [1.165, 1.54) is 5.56 Å². The Bertz CT molecular complexity index is 717. The van der Waals surface area contributed by atoms with E-state index in [1.807, 2.05) is 30.3 Å². The maximum absolute atomic E-state index is 11.7. The summed E-state index contributed by atoms with van der Waals surface area (Å²) in [6.07, 6.45) is 2.23. The quantitative estimate of drug-likeness (QED) is 0.667. The van der Waals surface area contributed by atoms with Gasteiger partial charge in [0.2, 0.25) is 0 Å². The van der Waals surface area contributed by atoms with Crippen molar-refractivity contribution >= 4 is 5.97 Å². The lowest BCUT2D eigenvalue weighted by Crippen LogP contribution is -2.42. The minimum atomic E-state index is -0.304. The van der Waals surface area contributed by atoms with E-state index in [9.17, 15) is 4.79 Å². The van der Waals surface area contributed by atoms with E-state index in [1.54, 1.807) is 19.1 Å². The Kier molecular flexibility index (Phi) is 7.88. The summed E-state index contributed by atoms with van der Waals surface area (Å²) in [4.78, 5) is 11.7. The molecule has 0 saturated carbocycles. The van der Waals surface area contributed by atoms with Gasteiger partial charge in [0.15, 0.2) is 0 Å². The second-order valence-electron chi connectivity index (χ2n) is 6.97. The molecule has 2 unspecified atom stereocenters. The van der Waals surface area contributed by atoms with Crippen LogP contribution in [-0.2, 0) is 16.1 Å². The molecule has 2 atom stereocenters. The molecule has 150 valence electrons. The lowest BCUT2D eigenvalue weighted by molar-refractivity contribution is -0.0181. The third-order valence-corrected chi connectivity index (χ3v) is 4.99. The molecule has 0 aliphatic carbocycles. The molecule has 5 heteroatoms. The molecule has 2 aromatic carbocycles. The monoisotopic (exact) mass is 383 g/mol. The molecule has 0 bridgehead atoms. The zero-order chi connectivity index (χ0) is 19.6.